The number of likely N-dealkylation sites (tertiary alicyclic amines) is 2. The molecule has 2 N–H and O–H groups in total. The molecular formula is C13H27N3S. The van der Waals surface area contributed by atoms with Gasteiger partial charge in [-0.25, -0.2) is 0 Å². The minimum absolute atomic E-state index is 0.261. The zero-order chi connectivity index (χ0) is 12.5. The van der Waals surface area contributed by atoms with E-state index in [1.54, 1.807) is 0 Å². The average molecular weight is 257 g/mol. The maximum Gasteiger partial charge on any atom is 0.0473 e. The summed E-state index contributed by atoms with van der Waals surface area (Å²) in [6.45, 7) is 6.76. The highest BCUT2D eigenvalue weighted by molar-refractivity contribution is 7.99. The lowest BCUT2D eigenvalue weighted by Crippen LogP contribution is -2.58. The lowest BCUT2D eigenvalue weighted by atomic mass is 9.91. The first-order chi connectivity index (χ1) is 8.11. The summed E-state index contributed by atoms with van der Waals surface area (Å²) in [6.07, 6.45) is 6.15. The van der Waals surface area contributed by atoms with E-state index in [9.17, 15) is 0 Å². The lowest BCUT2D eigenvalue weighted by molar-refractivity contribution is 0.0817. The molecular weight excluding hydrogens is 230 g/mol. The minimum atomic E-state index is 0.261. The van der Waals surface area contributed by atoms with E-state index in [1.165, 1.54) is 32.4 Å². The number of nitrogens with two attached hydrogens (primary N) is 1. The van der Waals surface area contributed by atoms with Gasteiger partial charge in [-0.3, -0.25) is 4.90 Å². The second-order valence-corrected chi connectivity index (χ2v) is 6.96. The molecule has 0 bridgehead atoms. The molecule has 0 aromatic rings. The molecule has 100 valence electrons. The summed E-state index contributed by atoms with van der Waals surface area (Å²) in [5.41, 5.74) is 6.38. The van der Waals surface area contributed by atoms with Crippen LogP contribution < -0.4 is 5.73 Å². The third kappa shape index (κ3) is 2.65. The molecule has 2 atom stereocenters. The predicted molar refractivity (Wildman–Crippen MR) is 76.6 cm³/mol. The maximum absolute atomic E-state index is 6.12. The van der Waals surface area contributed by atoms with Crippen LogP contribution in [0.4, 0.5) is 0 Å². The molecule has 0 spiro atoms. The van der Waals surface area contributed by atoms with Crippen LogP contribution in [0.15, 0.2) is 0 Å². The molecule has 17 heavy (non-hydrogen) atoms. The number of hydrogen-bond donors (Lipinski definition) is 1. The number of likely N-dealkylation sites (N-methyl/N-ethyl adjacent to an activating group) is 1. The average Bonchev–Trinajstić information content (AvgIpc) is 2.66. The zero-order valence-electron chi connectivity index (χ0n) is 11.5. The van der Waals surface area contributed by atoms with Crippen molar-refractivity contribution in [1.29, 1.82) is 0 Å². The van der Waals surface area contributed by atoms with Gasteiger partial charge >= 0.3 is 0 Å². The van der Waals surface area contributed by atoms with Crippen molar-refractivity contribution in [2.45, 2.75) is 43.0 Å². The molecule has 3 nitrogen and oxygen atoms in total. The first kappa shape index (κ1) is 13.7. The Bertz CT molecular complexity index is 241. The van der Waals surface area contributed by atoms with Crippen molar-refractivity contribution in [3.63, 3.8) is 0 Å². The van der Waals surface area contributed by atoms with Gasteiger partial charge in [0.25, 0.3) is 0 Å². The summed E-state index contributed by atoms with van der Waals surface area (Å²) in [4.78, 5) is 5.15. The Kier molecular flexibility index (Phi) is 4.40. The Labute approximate surface area is 110 Å². The number of thioether (sulfide) groups is 1. The summed E-state index contributed by atoms with van der Waals surface area (Å²) in [6, 6.07) is 0.678. The number of hydrogen-bond acceptors (Lipinski definition) is 4. The Morgan fingerprint density at radius 3 is 2.41 bits per heavy atom. The molecule has 2 aliphatic heterocycles. The van der Waals surface area contributed by atoms with E-state index >= 15 is 0 Å². The standard InChI is InChI=1S/C13H27N3S/c1-11-8-13(9-14,10-15(11)2)16-6-4-12(17-3)5-7-16/h11-12H,4-10,14H2,1-3H3. The van der Waals surface area contributed by atoms with Gasteiger partial charge in [-0.05, 0) is 52.6 Å². The molecule has 4 heteroatoms. The SMILES string of the molecule is CSC1CCN(C2(CN)CC(C)N(C)C2)CC1. The zero-order valence-corrected chi connectivity index (χ0v) is 12.3. The highest BCUT2D eigenvalue weighted by Crippen LogP contribution is 2.34. The normalized spacial score (nSPS) is 37.8. The lowest BCUT2D eigenvalue weighted by Gasteiger charge is -2.44. The molecule has 0 aromatic carbocycles. The van der Waals surface area contributed by atoms with E-state index in [2.05, 4.69) is 30.0 Å². The predicted octanol–water partition coefficient (Wildman–Crippen LogP) is 1.24. The second kappa shape index (κ2) is 5.47. The van der Waals surface area contributed by atoms with Gasteiger partial charge in [0.2, 0.25) is 0 Å². The molecule has 2 heterocycles. The van der Waals surface area contributed by atoms with Crippen LogP contribution >= 0.6 is 11.8 Å². The second-order valence-electron chi connectivity index (χ2n) is 5.82. The first-order valence-corrected chi connectivity index (χ1v) is 8.08. The van der Waals surface area contributed by atoms with Gasteiger partial charge in [0, 0.05) is 29.9 Å². The topological polar surface area (TPSA) is 32.5 Å². The van der Waals surface area contributed by atoms with E-state index in [0.29, 0.717) is 6.04 Å². The van der Waals surface area contributed by atoms with Crippen molar-refractivity contribution >= 4 is 11.8 Å². The van der Waals surface area contributed by atoms with Crippen molar-refractivity contribution in [3.05, 3.63) is 0 Å². The van der Waals surface area contributed by atoms with Gasteiger partial charge < -0.3 is 10.6 Å². The number of piperidine rings is 1. The van der Waals surface area contributed by atoms with Crippen LogP contribution in [0.2, 0.25) is 0 Å². The summed E-state index contributed by atoms with van der Waals surface area (Å²) in [5, 5.41) is 0.873. The maximum atomic E-state index is 6.12. The summed E-state index contributed by atoms with van der Waals surface area (Å²) in [7, 11) is 2.23. The fourth-order valence-electron chi connectivity index (χ4n) is 3.46. The van der Waals surface area contributed by atoms with Gasteiger partial charge in [0.05, 0.1) is 0 Å². The number of nitrogens with zero attached hydrogens (tertiary/aromatic N) is 2. The Balaban J connectivity index is 2.00. The Morgan fingerprint density at radius 2 is 2.00 bits per heavy atom. The van der Waals surface area contributed by atoms with Gasteiger partial charge in [-0.1, -0.05) is 0 Å². The van der Waals surface area contributed by atoms with Gasteiger partial charge in [-0.15, -0.1) is 0 Å². The van der Waals surface area contributed by atoms with E-state index in [4.69, 9.17) is 5.73 Å². The quantitative estimate of drug-likeness (QED) is 0.824. The first-order valence-electron chi connectivity index (χ1n) is 6.79. The fourth-order valence-corrected chi connectivity index (χ4v) is 4.14. The summed E-state index contributed by atoms with van der Waals surface area (Å²) < 4.78 is 0. The van der Waals surface area contributed by atoms with Crippen LogP contribution in [0.3, 0.4) is 0 Å². The molecule has 2 rings (SSSR count). The van der Waals surface area contributed by atoms with Gasteiger partial charge in [-0.2, -0.15) is 11.8 Å². The third-order valence-corrected chi connectivity index (χ3v) is 5.94. The van der Waals surface area contributed by atoms with Crippen LogP contribution in [-0.2, 0) is 0 Å². The van der Waals surface area contributed by atoms with Crippen molar-refractivity contribution in [2.24, 2.45) is 5.73 Å². The highest BCUT2D eigenvalue weighted by atomic mass is 32.2. The third-order valence-electron chi connectivity index (χ3n) is 4.80. The van der Waals surface area contributed by atoms with E-state index < -0.39 is 0 Å². The van der Waals surface area contributed by atoms with Crippen LogP contribution in [0.25, 0.3) is 0 Å². The molecule has 2 saturated heterocycles. The monoisotopic (exact) mass is 257 g/mol. The van der Waals surface area contributed by atoms with Crippen molar-refractivity contribution < 1.29 is 0 Å². The largest absolute Gasteiger partial charge is 0.329 e. The Morgan fingerprint density at radius 1 is 1.35 bits per heavy atom. The molecule has 2 fully saturated rings. The van der Waals surface area contributed by atoms with Crippen LogP contribution in [0, 0.1) is 0 Å². The molecule has 0 amide bonds. The van der Waals surface area contributed by atoms with Gasteiger partial charge in [0.15, 0.2) is 0 Å². The van der Waals surface area contributed by atoms with Crippen molar-refractivity contribution in [2.75, 3.05) is 39.5 Å². The van der Waals surface area contributed by atoms with E-state index in [-0.39, 0.29) is 5.54 Å². The summed E-state index contributed by atoms with van der Waals surface area (Å²) >= 11 is 2.03. The van der Waals surface area contributed by atoms with E-state index in [0.717, 1.165) is 18.3 Å². The molecule has 0 aliphatic carbocycles. The Hall–Kier alpha value is 0.230. The van der Waals surface area contributed by atoms with Crippen molar-refractivity contribution in [3.8, 4) is 0 Å². The van der Waals surface area contributed by atoms with Crippen LogP contribution in [-0.4, -0.2) is 66.1 Å². The molecule has 0 aromatic heterocycles. The van der Waals surface area contributed by atoms with Crippen molar-refractivity contribution in [1.82, 2.24) is 9.80 Å². The minimum Gasteiger partial charge on any atom is -0.329 e. The van der Waals surface area contributed by atoms with E-state index in [1.807, 2.05) is 11.8 Å². The molecule has 2 unspecified atom stereocenters. The molecule has 0 radical (unpaired) electrons. The molecule has 0 saturated carbocycles. The van der Waals surface area contributed by atoms with Crippen LogP contribution in [0.5, 0.6) is 0 Å². The summed E-state index contributed by atoms with van der Waals surface area (Å²) in [5.74, 6) is 0. The van der Waals surface area contributed by atoms with Gasteiger partial charge in [0.1, 0.15) is 0 Å². The smallest absolute Gasteiger partial charge is 0.0473 e. The number of rotatable bonds is 3. The highest BCUT2D eigenvalue weighted by Gasteiger charge is 2.44. The molecule has 2 aliphatic rings. The van der Waals surface area contributed by atoms with Crippen LogP contribution in [0.1, 0.15) is 26.2 Å². The fraction of sp³-hybridized carbons (Fsp3) is 1.00.